The molecule has 0 aliphatic rings. The highest BCUT2D eigenvalue weighted by atomic mass is 35.5. The summed E-state index contributed by atoms with van der Waals surface area (Å²) < 4.78 is 32.1. The van der Waals surface area contributed by atoms with Crippen LogP contribution in [0.4, 0.5) is 5.69 Å². The monoisotopic (exact) mass is 523 g/mol. The number of rotatable bonds is 13. The van der Waals surface area contributed by atoms with E-state index in [2.05, 4.69) is 5.32 Å². The van der Waals surface area contributed by atoms with Crippen molar-refractivity contribution in [3.05, 3.63) is 59.1 Å². The fourth-order valence-electron chi connectivity index (χ4n) is 3.49. The summed E-state index contributed by atoms with van der Waals surface area (Å²) in [5.41, 5.74) is 0.979. The van der Waals surface area contributed by atoms with Crippen molar-refractivity contribution in [1.29, 1.82) is 0 Å². The maximum Gasteiger partial charge on any atom is 0.244 e. The molecule has 192 valence electrons. The molecule has 0 aromatic heterocycles. The number of para-hydroxylation sites is 2. The highest BCUT2D eigenvalue weighted by Crippen LogP contribution is 2.30. The van der Waals surface area contributed by atoms with Gasteiger partial charge >= 0.3 is 0 Å². The third-order valence-corrected chi connectivity index (χ3v) is 6.71. The van der Waals surface area contributed by atoms with Crippen LogP contribution in [0.3, 0.4) is 0 Å². The number of anilines is 1. The Hall–Kier alpha value is -2.78. The number of nitrogens with zero attached hydrogens (tertiary/aromatic N) is 2. The lowest BCUT2D eigenvalue weighted by Gasteiger charge is -2.32. The molecule has 1 N–H and O–H groups in total. The maximum atomic E-state index is 13.6. The van der Waals surface area contributed by atoms with Crippen LogP contribution >= 0.6 is 11.6 Å². The number of carbonyl (C=O) groups is 2. The van der Waals surface area contributed by atoms with E-state index < -0.39 is 28.5 Å². The molecule has 0 unspecified atom stereocenters. The zero-order chi connectivity index (χ0) is 26.0. The lowest BCUT2D eigenvalue weighted by molar-refractivity contribution is -0.139. The minimum Gasteiger partial charge on any atom is -0.492 e. The van der Waals surface area contributed by atoms with Crippen molar-refractivity contribution in [3.8, 4) is 5.75 Å². The average molecular weight is 524 g/mol. The number of nitrogens with one attached hydrogen (secondary N) is 1. The zero-order valence-corrected chi connectivity index (χ0v) is 22.2. The molecule has 0 heterocycles. The zero-order valence-electron chi connectivity index (χ0n) is 20.7. The molecule has 8 nitrogen and oxygen atoms in total. The SMILES string of the molecule is CCCCNC(=O)[C@H](C)N(Cc1cccc(Cl)c1)C(=O)CN(c1ccccc1OCC)S(C)(=O)=O. The van der Waals surface area contributed by atoms with E-state index in [0.29, 0.717) is 23.9 Å². The van der Waals surface area contributed by atoms with Crippen molar-refractivity contribution in [2.75, 3.05) is 30.3 Å². The number of hydrogen-bond donors (Lipinski definition) is 1. The lowest BCUT2D eigenvalue weighted by atomic mass is 10.1. The van der Waals surface area contributed by atoms with Crippen molar-refractivity contribution in [2.45, 2.75) is 46.2 Å². The Bertz CT molecular complexity index is 1110. The van der Waals surface area contributed by atoms with Gasteiger partial charge in [0.15, 0.2) is 0 Å². The van der Waals surface area contributed by atoms with Crippen molar-refractivity contribution < 1.29 is 22.7 Å². The van der Waals surface area contributed by atoms with E-state index in [1.54, 1.807) is 62.4 Å². The van der Waals surface area contributed by atoms with Crippen molar-refractivity contribution in [1.82, 2.24) is 10.2 Å². The number of amides is 2. The highest BCUT2D eigenvalue weighted by Gasteiger charge is 2.31. The third kappa shape index (κ3) is 8.43. The van der Waals surface area contributed by atoms with Crippen LogP contribution in [0.1, 0.15) is 39.2 Å². The Morgan fingerprint density at radius 3 is 2.46 bits per heavy atom. The van der Waals surface area contributed by atoms with Gasteiger partial charge in [-0.1, -0.05) is 49.2 Å². The molecule has 0 saturated carbocycles. The second kappa shape index (κ2) is 13.3. The molecule has 0 saturated heterocycles. The smallest absolute Gasteiger partial charge is 0.244 e. The molecule has 35 heavy (non-hydrogen) atoms. The van der Waals surface area contributed by atoms with Gasteiger partial charge in [0.2, 0.25) is 21.8 Å². The van der Waals surface area contributed by atoms with Gasteiger partial charge in [-0.3, -0.25) is 13.9 Å². The minimum absolute atomic E-state index is 0.0897. The summed E-state index contributed by atoms with van der Waals surface area (Å²) in [6, 6.07) is 12.8. The second-order valence-electron chi connectivity index (χ2n) is 8.14. The predicted molar refractivity (Wildman–Crippen MR) is 139 cm³/mol. The number of halogens is 1. The Balaban J connectivity index is 2.39. The first-order valence-corrected chi connectivity index (χ1v) is 13.8. The number of carbonyl (C=O) groups excluding carboxylic acids is 2. The predicted octanol–water partition coefficient (Wildman–Crippen LogP) is 3.84. The summed E-state index contributed by atoms with van der Waals surface area (Å²) in [6.07, 6.45) is 2.77. The molecular formula is C25H34ClN3O5S. The number of benzene rings is 2. The molecule has 0 fully saturated rings. The van der Waals surface area contributed by atoms with Crippen LogP contribution in [-0.2, 0) is 26.2 Å². The first-order valence-electron chi connectivity index (χ1n) is 11.6. The van der Waals surface area contributed by atoms with Gasteiger partial charge in [-0.25, -0.2) is 8.42 Å². The van der Waals surface area contributed by atoms with Crippen molar-refractivity contribution in [3.63, 3.8) is 0 Å². The second-order valence-corrected chi connectivity index (χ2v) is 10.5. The van der Waals surface area contributed by atoms with Crippen LogP contribution in [0, 0.1) is 0 Å². The van der Waals surface area contributed by atoms with Crippen LogP contribution in [0.2, 0.25) is 5.02 Å². The summed E-state index contributed by atoms with van der Waals surface area (Å²) in [6.45, 7) is 5.86. The summed E-state index contributed by atoms with van der Waals surface area (Å²) in [7, 11) is -3.85. The molecule has 0 radical (unpaired) electrons. The molecule has 0 spiro atoms. The maximum absolute atomic E-state index is 13.6. The Kier molecular flexibility index (Phi) is 10.9. The van der Waals surface area contributed by atoms with Gasteiger partial charge in [0.1, 0.15) is 18.3 Å². The number of sulfonamides is 1. The normalized spacial score (nSPS) is 12.0. The first kappa shape index (κ1) is 28.5. The summed E-state index contributed by atoms with van der Waals surface area (Å²) in [4.78, 5) is 27.8. The van der Waals surface area contributed by atoms with E-state index in [1.165, 1.54) is 4.90 Å². The average Bonchev–Trinajstić information content (AvgIpc) is 2.80. The van der Waals surface area contributed by atoms with Crippen LogP contribution in [-0.4, -0.2) is 57.1 Å². The molecular weight excluding hydrogens is 490 g/mol. The summed E-state index contributed by atoms with van der Waals surface area (Å²) in [5, 5.41) is 3.34. The molecule has 0 bridgehead atoms. The minimum atomic E-state index is -3.85. The topological polar surface area (TPSA) is 96.0 Å². The summed E-state index contributed by atoms with van der Waals surface area (Å²) >= 11 is 6.12. The number of hydrogen-bond acceptors (Lipinski definition) is 5. The molecule has 10 heteroatoms. The van der Waals surface area contributed by atoms with Crippen LogP contribution in [0.25, 0.3) is 0 Å². The van der Waals surface area contributed by atoms with Gasteiger partial charge in [0.05, 0.1) is 18.6 Å². The lowest BCUT2D eigenvalue weighted by Crippen LogP contribution is -2.51. The standard InChI is InChI=1S/C25H34ClN3O5S/c1-5-7-15-27-25(31)19(3)28(17-20-11-10-12-21(26)16-20)24(30)18-29(35(4,32)33)22-13-8-9-14-23(22)34-6-2/h8-14,16,19H,5-7,15,17-18H2,1-4H3,(H,27,31)/t19-/m0/s1. The van der Waals surface area contributed by atoms with Crippen LogP contribution in [0.15, 0.2) is 48.5 Å². The molecule has 0 aliphatic heterocycles. The van der Waals surface area contributed by atoms with E-state index >= 15 is 0 Å². The van der Waals surface area contributed by atoms with Crippen molar-refractivity contribution >= 4 is 39.1 Å². The number of ether oxygens (including phenoxy) is 1. The van der Waals surface area contributed by atoms with Crippen LogP contribution in [0.5, 0.6) is 5.75 Å². The third-order valence-electron chi connectivity index (χ3n) is 5.35. The van der Waals surface area contributed by atoms with E-state index in [1.807, 2.05) is 6.92 Å². The van der Waals surface area contributed by atoms with E-state index in [-0.39, 0.29) is 18.1 Å². The van der Waals surface area contributed by atoms with Gasteiger partial charge in [-0.05, 0) is 50.1 Å². The highest BCUT2D eigenvalue weighted by molar-refractivity contribution is 7.92. The van der Waals surface area contributed by atoms with E-state index in [4.69, 9.17) is 16.3 Å². The molecule has 2 aromatic carbocycles. The Morgan fingerprint density at radius 1 is 1.11 bits per heavy atom. The molecule has 2 rings (SSSR count). The molecule has 0 aliphatic carbocycles. The van der Waals surface area contributed by atoms with Gasteiger partial charge < -0.3 is 15.0 Å². The van der Waals surface area contributed by atoms with E-state index in [9.17, 15) is 18.0 Å². The Labute approximate surface area is 213 Å². The van der Waals surface area contributed by atoms with Gasteiger partial charge in [-0.15, -0.1) is 0 Å². The van der Waals surface area contributed by atoms with Crippen molar-refractivity contribution in [2.24, 2.45) is 0 Å². The van der Waals surface area contributed by atoms with Gasteiger partial charge in [-0.2, -0.15) is 0 Å². The van der Waals surface area contributed by atoms with E-state index in [0.717, 1.165) is 29.0 Å². The first-order chi connectivity index (χ1) is 16.6. The van der Waals surface area contributed by atoms with Crippen LogP contribution < -0.4 is 14.4 Å². The summed E-state index contributed by atoms with van der Waals surface area (Å²) in [5.74, 6) is -0.491. The fraction of sp³-hybridized carbons (Fsp3) is 0.440. The molecule has 2 aromatic rings. The molecule has 2 amide bonds. The largest absolute Gasteiger partial charge is 0.492 e. The molecule has 1 atom stereocenters. The number of unbranched alkanes of at least 4 members (excludes halogenated alkanes) is 1. The quantitative estimate of drug-likeness (QED) is 0.402. The fourth-order valence-corrected chi connectivity index (χ4v) is 4.55. The van der Waals surface area contributed by atoms with Gasteiger partial charge in [0, 0.05) is 18.1 Å². The van der Waals surface area contributed by atoms with Gasteiger partial charge in [0.25, 0.3) is 0 Å². The Morgan fingerprint density at radius 2 is 1.83 bits per heavy atom.